The van der Waals surface area contributed by atoms with Crippen molar-refractivity contribution in [3.63, 3.8) is 0 Å². The number of hydrogen-bond acceptors (Lipinski definition) is 7. The molecule has 0 spiro atoms. The number of carbonyl (C=O) groups excluding carboxylic acids is 1. The maximum absolute atomic E-state index is 12.4. The van der Waals surface area contributed by atoms with Gasteiger partial charge < -0.3 is 14.4 Å². The molecule has 160 valence electrons. The lowest BCUT2D eigenvalue weighted by Crippen LogP contribution is -2.24. The van der Waals surface area contributed by atoms with E-state index in [1.165, 1.54) is 10.8 Å². The van der Waals surface area contributed by atoms with Gasteiger partial charge in [0, 0.05) is 29.7 Å². The van der Waals surface area contributed by atoms with E-state index in [2.05, 4.69) is 19.9 Å². The molecule has 11 nitrogen and oxygen atoms in total. The first-order valence-corrected chi connectivity index (χ1v) is 11.5. The van der Waals surface area contributed by atoms with E-state index < -0.39 is 35.7 Å². The summed E-state index contributed by atoms with van der Waals surface area (Å²) in [6.45, 7) is -0.308. The van der Waals surface area contributed by atoms with Crippen molar-refractivity contribution in [2.75, 3.05) is 19.4 Å². The third-order valence-electron chi connectivity index (χ3n) is 4.12. The molecular weight excluding hydrogens is 434 g/mol. The third kappa shape index (κ3) is 4.59. The molecule has 30 heavy (non-hydrogen) atoms. The quantitative estimate of drug-likeness (QED) is 0.451. The van der Waals surface area contributed by atoms with Crippen LogP contribution in [0.4, 0.5) is 5.69 Å². The molecule has 3 aromatic rings. The van der Waals surface area contributed by atoms with Crippen LogP contribution in [0, 0.1) is 0 Å². The number of nitrogens with one attached hydrogen (secondary N) is 3. The van der Waals surface area contributed by atoms with Crippen molar-refractivity contribution in [3.05, 3.63) is 48.9 Å². The Labute approximate surface area is 173 Å². The van der Waals surface area contributed by atoms with Crippen LogP contribution in [0.3, 0.4) is 0 Å². The first-order chi connectivity index (χ1) is 14.2. The summed E-state index contributed by atoms with van der Waals surface area (Å²) in [5.41, 5.74) is 1.18. The van der Waals surface area contributed by atoms with Gasteiger partial charge in [0.25, 0.3) is 0 Å². The number of carbonyl (C=O) groups is 1. The van der Waals surface area contributed by atoms with Crippen LogP contribution < -0.4 is 14.8 Å². The molecule has 2 aromatic heterocycles. The van der Waals surface area contributed by atoms with Crippen LogP contribution in [0.15, 0.2) is 63.2 Å². The minimum Gasteiger partial charge on any atom is -0.356 e. The van der Waals surface area contributed by atoms with E-state index in [1.54, 1.807) is 30.3 Å². The average Bonchev–Trinajstić information content (AvgIpc) is 3.39. The Balaban J connectivity index is 1.84. The van der Waals surface area contributed by atoms with Gasteiger partial charge in [0.2, 0.25) is 26.0 Å². The molecule has 1 amide bonds. The molecule has 0 saturated heterocycles. The summed E-state index contributed by atoms with van der Waals surface area (Å²) in [5, 5.41) is 6.31. The second-order valence-electron chi connectivity index (χ2n) is 6.08. The van der Waals surface area contributed by atoms with Crippen molar-refractivity contribution < 1.29 is 26.2 Å². The molecular formula is C17H19N5O6S2. The van der Waals surface area contributed by atoms with Crippen molar-refractivity contribution >= 4 is 31.6 Å². The van der Waals surface area contributed by atoms with Gasteiger partial charge in [0.05, 0.1) is 6.20 Å². The molecule has 0 aliphatic carbocycles. The van der Waals surface area contributed by atoms with Crippen LogP contribution in [-0.4, -0.2) is 46.6 Å². The van der Waals surface area contributed by atoms with Gasteiger partial charge in [-0.15, -0.1) is 0 Å². The second kappa shape index (κ2) is 8.39. The molecule has 1 aromatic carbocycles. The molecule has 3 rings (SSSR count). The summed E-state index contributed by atoms with van der Waals surface area (Å²) in [4.78, 5) is 11.5. The highest BCUT2D eigenvalue weighted by Gasteiger charge is 2.27. The van der Waals surface area contributed by atoms with E-state index in [9.17, 15) is 21.6 Å². The smallest absolute Gasteiger partial charge is 0.244 e. The second-order valence-corrected chi connectivity index (χ2v) is 9.79. The average molecular weight is 454 g/mol. The number of nitrogens with zero attached hydrogens (tertiary/aromatic N) is 2. The number of benzene rings is 1. The van der Waals surface area contributed by atoms with E-state index >= 15 is 0 Å². The SMILES string of the molecule is CNS(=O)(=O)c1cn(CC(=O)Nc2cccc(-c3ccno3)c2)cc1S(=O)(=O)NC. The van der Waals surface area contributed by atoms with Gasteiger partial charge in [-0.05, 0) is 26.2 Å². The molecule has 0 unspecified atom stereocenters. The lowest BCUT2D eigenvalue weighted by molar-refractivity contribution is -0.116. The topological polar surface area (TPSA) is 152 Å². The zero-order chi connectivity index (χ0) is 21.9. The maximum Gasteiger partial charge on any atom is 0.244 e. The van der Waals surface area contributed by atoms with Gasteiger partial charge >= 0.3 is 0 Å². The largest absolute Gasteiger partial charge is 0.356 e. The molecule has 0 aliphatic heterocycles. The van der Waals surface area contributed by atoms with Gasteiger partial charge in [-0.1, -0.05) is 17.3 Å². The summed E-state index contributed by atoms with van der Waals surface area (Å²) in [7, 11) is -5.80. The minimum absolute atomic E-state index is 0.308. The first-order valence-electron chi connectivity index (χ1n) is 8.54. The van der Waals surface area contributed by atoms with Crippen LogP contribution in [0.5, 0.6) is 0 Å². The predicted molar refractivity (Wildman–Crippen MR) is 107 cm³/mol. The Kier molecular flexibility index (Phi) is 6.07. The van der Waals surface area contributed by atoms with Gasteiger partial charge in [0.15, 0.2) is 5.76 Å². The monoisotopic (exact) mass is 453 g/mol. The van der Waals surface area contributed by atoms with Gasteiger partial charge in [-0.25, -0.2) is 26.3 Å². The molecule has 0 radical (unpaired) electrons. The number of hydrogen-bond donors (Lipinski definition) is 3. The van der Waals surface area contributed by atoms with Crippen molar-refractivity contribution in [2.45, 2.75) is 16.3 Å². The maximum atomic E-state index is 12.4. The molecule has 0 fully saturated rings. The highest BCUT2D eigenvalue weighted by molar-refractivity contribution is 7.92. The standard InChI is InChI=1S/C17H19N5O6S2/c1-18-29(24,25)15-9-22(10-16(15)30(26,27)19-2)11-17(23)21-13-5-3-4-12(8-13)14-6-7-20-28-14/h3-10,18-19H,11H2,1-2H3,(H,21,23). The van der Waals surface area contributed by atoms with Crippen LogP contribution >= 0.6 is 0 Å². The van der Waals surface area contributed by atoms with Gasteiger partial charge in [-0.2, -0.15) is 0 Å². The summed E-state index contributed by atoms with van der Waals surface area (Å²) in [5.74, 6) is 0.0434. The van der Waals surface area contributed by atoms with Crippen molar-refractivity contribution in [1.82, 2.24) is 19.2 Å². The Morgan fingerprint density at radius 3 is 2.20 bits per heavy atom. The summed E-state index contributed by atoms with van der Waals surface area (Å²) < 4.78 is 59.2. The summed E-state index contributed by atoms with van der Waals surface area (Å²) in [6.07, 6.45) is 3.67. The van der Waals surface area contributed by atoms with E-state index in [0.29, 0.717) is 17.0 Å². The van der Waals surface area contributed by atoms with Crippen LogP contribution in [-0.2, 0) is 31.4 Å². The molecule has 0 aliphatic rings. The first kappa shape index (κ1) is 21.7. The number of amides is 1. The summed E-state index contributed by atoms with van der Waals surface area (Å²) >= 11 is 0. The molecule has 0 bridgehead atoms. The highest BCUT2D eigenvalue weighted by Crippen LogP contribution is 2.23. The van der Waals surface area contributed by atoms with Crippen LogP contribution in [0.25, 0.3) is 11.3 Å². The number of sulfonamides is 2. The molecule has 2 heterocycles. The normalized spacial score (nSPS) is 12.1. The lowest BCUT2D eigenvalue weighted by Gasteiger charge is -2.07. The number of anilines is 1. The fourth-order valence-corrected chi connectivity index (χ4v) is 4.94. The lowest BCUT2D eigenvalue weighted by atomic mass is 10.1. The number of aromatic nitrogens is 2. The van der Waals surface area contributed by atoms with E-state index in [-0.39, 0.29) is 6.54 Å². The van der Waals surface area contributed by atoms with Crippen molar-refractivity contribution in [1.29, 1.82) is 0 Å². The number of rotatable bonds is 8. The fraction of sp³-hybridized carbons (Fsp3) is 0.176. The third-order valence-corrected chi connectivity index (χ3v) is 7.13. The highest BCUT2D eigenvalue weighted by atomic mass is 32.2. The zero-order valence-electron chi connectivity index (χ0n) is 16.0. The van der Waals surface area contributed by atoms with Crippen LogP contribution in [0.2, 0.25) is 0 Å². The van der Waals surface area contributed by atoms with Gasteiger partial charge in [0.1, 0.15) is 16.3 Å². The van der Waals surface area contributed by atoms with Gasteiger partial charge in [-0.3, -0.25) is 4.79 Å². The Morgan fingerprint density at radius 1 is 1.03 bits per heavy atom. The van der Waals surface area contributed by atoms with Crippen molar-refractivity contribution in [2.24, 2.45) is 0 Å². The minimum atomic E-state index is -4.06. The fourth-order valence-electron chi connectivity index (χ4n) is 2.66. The van der Waals surface area contributed by atoms with Crippen LogP contribution in [0.1, 0.15) is 0 Å². The van der Waals surface area contributed by atoms with E-state index in [4.69, 9.17) is 4.52 Å². The zero-order valence-corrected chi connectivity index (χ0v) is 17.6. The van der Waals surface area contributed by atoms with Crippen molar-refractivity contribution in [3.8, 4) is 11.3 Å². The molecule has 13 heteroatoms. The summed E-state index contributed by atoms with van der Waals surface area (Å²) in [6, 6.07) is 8.53. The molecule has 0 atom stereocenters. The molecule has 3 N–H and O–H groups in total. The predicted octanol–water partition coefficient (Wildman–Crippen LogP) is 0.598. The Bertz CT molecular complexity index is 1210. The van der Waals surface area contributed by atoms with E-state index in [0.717, 1.165) is 26.5 Å². The molecule has 0 saturated carbocycles. The Hall–Kier alpha value is -3.00. The van der Waals surface area contributed by atoms with E-state index in [1.807, 2.05) is 0 Å². The Morgan fingerprint density at radius 2 is 1.67 bits per heavy atom.